The van der Waals surface area contributed by atoms with Gasteiger partial charge in [-0.2, -0.15) is 10.4 Å². The molecule has 13 heteroatoms. The maximum absolute atomic E-state index is 13.1. The van der Waals surface area contributed by atoms with Crippen molar-refractivity contribution in [1.29, 1.82) is 5.26 Å². The van der Waals surface area contributed by atoms with E-state index in [1.807, 2.05) is 6.07 Å². The Morgan fingerprint density at radius 1 is 1.19 bits per heavy atom. The average Bonchev–Trinajstić information content (AvgIpc) is 3.43. The van der Waals surface area contributed by atoms with E-state index in [2.05, 4.69) is 30.5 Å². The van der Waals surface area contributed by atoms with Crippen LogP contribution < -0.4 is 10.9 Å². The average molecular weight is 533 g/mol. The summed E-state index contributed by atoms with van der Waals surface area (Å²) in [5.74, 6) is -0.757. The smallest absolute Gasteiger partial charge is 0.273 e. The number of halogens is 1. The van der Waals surface area contributed by atoms with Crippen molar-refractivity contribution >= 4 is 39.9 Å². The molecular weight excluding hydrogens is 516 g/mol. The molecule has 11 nitrogen and oxygen atoms in total. The maximum Gasteiger partial charge on any atom is 0.273 e. The van der Waals surface area contributed by atoms with Crippen LogP contribution in [0.25, 0.3) is 11.1 Å². The summed E-state index contributed by atoms with van der Waals surface area (Å²) in [4.78, 5) is 53.8. The van der Waals surface area contributed by atoms with Crippen LogP contribution in [0.3, 0.4) is 0 Å². The molecule has 0 radical (unpaired) electrons. The van der Waals surface area contributed by atoms with Gasteiger partial charge in [-0.15, -0.1) is 0 Å². The number of aryl methyl sites for hydroxylation is 2. The van der Waals surface area contributed by atoms with E-state index in [0.717, 1.165) is 4.88 Å². The standard InChI is InChI=1S/C24H17ClN8O3S/c1-11-5-14(15-6-20(25)31-32-22(15)35)16(8-27-11)21(34)30-24-29-18-9-33(10-19(18)37-24)23(36)17-4-3-13(7-26)12(2)28-17/h3-6,8H,9-10H2,1-2H3,(H,32,35)(H,29,30,34). The van der Waals surface area contributed by atoms with E-state index in [4.69, 9.17) is 16.9 Å². The largest absolute Gasteiger partial charge is 0.326 e. The van der Waals surface area contributed by atoms with Crippen molar-refractivity contribution in [1.82, 2.24) is 30.0 Å². The van der Waals surface area contributed by atoms with E-state index in [-0.39, 0.29) is 34.4 Å². The molecular formula is C24H17ClN8O3S. The zero-order valence-corrected chi connectivity index (χ0v) is 21.1. The van der Waals surface area contributed by atoms with Crippen molar-refractivity contribution in [2.45, 2.75) is 26.9 Å². The van der Waals surface area contributed by atoms with Crippen molar-refractivity contribution < 1.29 is 9.59 Å². The molecule has 0 unspecified atom stereocenters. The Morgan fingerprint density at radius 3 is 2.73 bits per heavy atom. The second-order valence-corrected chi connectivity index (χ2v) is 9.72. The topological polar surface area (TPSA) is 158 Å². The second-order valence-electron chi connectivity index (χ2n) is 8.25. The van der Waals surface area contributed by atoms with Gasteiger partial charge in [0.15, 0.2) is 5.13 Å². The Kier molecular flexibility index (Phi) is 6.24. The monoisotopic (exact) mass is 532 g/mol. The lowest BCUT2D eigenvalue weighted by atomic mass is 10.0. The molecule has 0 saturated carbocycles. The van der Waals surface area contributed by atoms with E-state index in [1.54, 1.807) is 30.9 Å². The van der Waals surface area contributed by atoms with Gasteiger partial charge < -0.3 is 4.90 Å². The molecule has 0 fully saturated rings. The minimum absolute atomic E-state index is 0.0808. The molecule has 0 aromatic carbocycles. The number of fused-ring (bicyclic) bond motifs is 1. The number of hydrogen-bond donors (Lipinski definition) is 2. The number of anilines is 1. The molecule has 37 heavy (non-hydrogen) atoms. The van der Waals surface area contributed by atoms with Crippen LogP contribution in [0.4, 0.5) is 5.13 Å². The molecule has 2 N–H and O–H groups in total. The minimum atomic E-state index is -0.493. The number of nitrogens with one attached hydrogen (secondary N) is 2. The predicted octanol–water partition coefficient (Wildman–Crippen LogP) is 3.23. The molecule has 0 bridgehead atoms. The Bertz CT molecular complexity index is 1670. The van der Waals surface area contributed by atoms with Crippen LogP contribution in [-0.4, -0.2) is 41.9 Å². The van der Waals surface area contributed by atoms with Crippen molar-refractivity contribution in [2.24, 2.45) is 0 Å². The van der Waals surface area contributed by atoms with Crippen LogP contribution >= 0.6 is 22.9 Å². The molecule has 1 aliphatic rings. The number of carbonyl (C=O) groups is 2. The summed E-state index contributed by atoms with van der Waals surface area (Å²) in [6, 6.07) is 8.16. The first-order valence-electron chi connectivity index (χ1n) is 10.9. The van der Waals surface area contributed by atoms with E-state index >= 15 is 0 Å². The van der Waals surface area contributed by atoms with E-state index in [1.165, 1.54) is 29.7 Å². The van der Waals surface area contributed by atoms with Gasteiger partial charge in [0.1, 0.15) is 16.9 Å². The highest BCUT2D eigenvalue weighted by Crippen LogP contribution is 2.32. The molecule has 5 rings (SSSR count). The molecule has 0 saturated heterocycles. The molecule has 2 amide bonds. The zero-order valence-electron chi connectivity index (χ0n) is 19.5. The Morgan fingerprint density at radius 2 is 2.00 bits per heavy atom. The van der Waals surface area contributed by atoms with E-state index in [0.29, 0.717) is 39.9 Å². The lowest BCUT2D eigenvalue weighted by molar-refractivity contribution is 0.0744. The van der Waals surface area contributed by atoms with Crippen LogP contribution in [-0.2, 0) is 13.1 Å². The van der Waals surface area contributed by atoms with Gasteiger partial charge in [-0.1, -0.05) is 22.9 Å². The van der Waals surface area contributed by atoms with Crippen LogP contribution in [0.15, 0.2) is 35.3 Å². The third-order valence-corrected chi connectivity index (χ3v) is 6.93. The Hall–Kier alpha value is -4.47. The SMILES string of the molecule is Cc1cc(-c2cc(Cl)n[nH]c2=O)c(C(=O)Nc2nc3c(s2)CN(C(=O)c2ccc(C#N)c(C)n2)C3)cn1. The fourth-order valence-corrected chi connectivity index (χ4v) is 5.04. The summed E-state index contributed by atoms with van der Waals surface area (Å²) >= 11 is 7.22. The van der Waals surface area contributed by atoms with Gasteiger partial charge in [-0.25, -0.2) is 15.1 Å². The predicted molar refractivity (Wildman–Crippen MR) is 135 cm³/mol. The maximum atomic E-state index is 13.1. The highest BCUT2D eigenvalue weighted by molar-refractivity contribution is 7.16. The molecule has 1 aliphatic heterocycles. The number of rotatable bonds is 4. The molecule has 5 heterocycles. The quantitative estimate of drug-likeness (QED) is 0.405. The highest BCUT2D eigenvalue weighted by Gasteiger charge is 2.29. The van der Waals surface area contributed by atoms with Crippen LogP contribution in [0.2, 0.25) is 5.15 Å². The number of thiazole rings is 1. The number of aromatic amines is 1. The first-order chi connectivity index (χ1) is 17.7. The number of carbonyl (C=O) groups excluding carboxylic acids is 2. The molecule has 4 aromatic rings. The molecule has 0 spiro atoms. The third-order valence-electron chi connectivity index (χ3n) is 5.73. The number of nitrogens with zero attached hydrogens (tertiary/aromatic N) is 6. The summed E-state index contributed by atoms with van der Waals surface area (Å²) in [6.45, 7) is 4.02. The van der Waals surface area contributed by atoms with Gasteiger partial charge in [0.2, 0.25) is 0 Å². The minimum Gasteiger partial charge on any atom is -0.326 e. The first kappa shape index (κ1) is 24.2. The van der Waals surface area contributed by atoms with Crippen molar-refractivity contribution in [3.8, 4) is 17.2 Å². The van der Waals surface area contributed by atoms with Crippen LogP contribution in [0.1, 0.15) is 48.4 Å². The summed E-state index contributed by atoms with van der Waals surface area (Å²) in [5.41, 5.74) is 2.70. The van der Waals surface area contributed by atoms with Crippen LogP contribution in [0, 0.1) is 25.2 Å². The van der Waals surface area contributed by atoms with Crippen molar-refractivity contribution in [3.05, 3.63) is 84.7 Å². The van der Waals surface area contributed by atoms with Gasteiger partial charge in [0.05, 0.1) is 46.0 Å². The van der Waals surface area contributed by atoms with Gasteiger partial charge in [0, 0.05) is 17.5 Å². The summed E-state index contributed by atoms with van der Waals surface area (Å²) in [5, 5.41) is 18.3. The second kappa shape index (κ2) is 9.53. The van der Waals surface area contributed by atoms with Gasteiger partial charge in [0.25, 0.3) is 17.4 Å². The lowest BCUT2D eigenvalue weighted by Gasteiger charge is -2.15. The third kappa shape index (κ3) is 4.69. The molecule has 4 aromatic heterocycles. The highest BCUT2D eigenvalue weighted by atomic mass is 35.5. The number of amides is 2. The molecule has 0 aliphatic carbocycles. The van der Waals surface area contributed by atoms with E-state index < -0.39 is 11.5 Å². The Balaban J connectivity index is 1.34. The van der Waals surface area contributed by atoms with E-state index in [9.17, 15) is 14.4 Å². The fraction of sp³-hybridized carbons (Fsp3) is 0.167. The fourth-order valence-electron chi connectivity index (χ4n) is 3.91. The summed E-state index contributed by atoms with van der Waals surface area (Å²) in [6.07, 6.45) is 1.39. The van der Waals surface area contributed by atoms with Gasteiger partial charge in [-0.05, 0) is 38.1 Å². The number of hydrogen-bond acceptors (Lipinski definition) is 9. The Labute approximate surface area is 218 Å². The van der Waals surface area contributed by atoms with Crippen molar-refractivity contribution in [2.75, 3.05) is 5.32 Å². The molecule has 0 atom stereocenters. The summed E-state index contributed by atoms with van der Waals surface area (Å²) < 4.78 is 0. The number of aromatic nitrogens is 5. The van der Waals surface area contributed by atoms with Gasteiger partial charge >= 0.3 is 0 Å². The number of H-pyrrole nitrogens is 1. The lowest BCUT2D eigenvalue weighted by Crippen LogP contribution is -2.26. The zero-order chi connectivity index (χ0) is 26.3. The van der Waals surface area contributed by atoms with Crippen molar-refractivity contribution in [3.63, 3.8) is 0 Å². The first-order valence-corrected chi connectivity index (χ1v) is 12.1. The molecule has 184 valence electrons. The number of pyridine rings is 2. The normalized spacial score (nSPS) is 12.2. The van der Waals surface area contributed by atoms with Gasteiger partial charge in [-0.3, -0.25) is 24.7 Å². The number of nitriles is 1. The summed E-state index contributed by atoms with van der Waals surface area (Å²) in [7, 11) is 0. The van der Waals surface area contributed by atoms with Crippen LogP contribution in [0.5, 0.6) is 0 Å².